The lowest BCUT2D eigenvalue weighted by Crippen LogP contribution is -2.44. The largest absolute Gasteiger partial charge is 0.486 e. The lowest BCUT2D eigenvalue weighted by atomic mass is 9.88. The molecule has 1 atom stereocenters. The van der Waals surface area contributed by atoms with Gasteiger partial charge in [-0.1, -0.05) is 0 Å². The van der Waals surface area contributed by atoms with E-state index in [0.29, 0.717) is 6.61 Å². The van der Waals surface area contributed by atoms with Crippen LogP contribution < -0.4 is 4.74 Å². The zero-order valence-electron chi connectivity index (χ0n) is 15.0. The standard InChI is InChI=1S/C20H26N2O3/c1-15-10-18(24-16(15)2)13-22-8-5-20(6-9-22)11-19(14-23-20)25-17-4-3-7-21-12-17/h3-4,7,10,12,19H,5-6,8-9,11,13-14H2,1-2H3/t19-/m1/s1. The molecular weight excluding hydrogens is 316 g/mol. The molecule has 2 aromatic heterocycles. The van der Waals surface area contributed by atoms with Crippen molar-refractivity contribution in [1.82, 2.24) is 9.88 Å². The minimum Gasteiger partial charge on any atom is -0.486 e. The Bertz CT molecular complexity index is 685. The molecule has 0 unspecified atom stereocenters. The maximum Gasteiger partial charge on any atom is 0.138 e. The smallest absolute Gasteiger partial charge is 0.138 e. The van der Waals surface area contributed by atoms with Crippen LogP contribution in [0.15, 0.2) is 35.0 Å². The number of furan rings is 1. The van der Waals surface area contributed by atoms with Gasteiger partial charge in [-0.3, -0.25) is 9.88 Å². The van der Waals surface area contributed by atoms with Crippen LogP contribution in [0, 0.1) is 13.8 Å². The highest BCUT2D eigenvalue weighted by atomic mass is 16.6. The van der Waals surface area contributed by atoms with Gasteiger partial charge in [0, 0.05) is 25.7 Å². The summed E-state index contributed by atoms with van der Waals surface area (Å²) in [6.07, 6.45) is 6.73. The molecule has 5 nitrogen and oxygen atoms in total. The van der Waals surface area contributed by atoms with E-state index in [1.54, 1.807) is 12.4 Å². The number of pyridine rings is 1. The third kappa shape index (κ3) is 3.72. The number of aromatic nitrogens is 1. The lowest BCUT2D eigenvalue weighted by Gasteiger charge is -2.38. The second-order valence-corrected chi connectivity index (χ2v) is 7.35. The summed E-state index contributed by atoms with van der Waals surface area (Å²) in [5.74, 6) is 2.92. The number of likely N-dealkylation sites (tertiary alicyclic amines) is 1. The van der Waals surface area contributed by atoms with E-state index in [2.05, 4.69) is 22.9 Å². The SMILES string of the molecule is Cc1cc(CN2CCC3(CC2)C[C@@H](Oc2cccnc2)CO3)oc1C. The van der Waals surface area contributed by atoms with E-state index in [1.807, 2.05) is 19.1 Å². The Balaban J connectivity index is 1.29. The Kier molecular flexibility index (Phi) is 4.52. The summed E-state index contributed by atoms with van der Waals surface area (Å²) in [5, 5.41) is 0. The van der Waals surface area contributed by atoms with Gasteiger partial charge in [0.25, 0.3) is 0 Å². The molecule has 0 saturated carbocycles. The van der Waals surface area contributed by atoms with Crippen LogP contribution in [-0.4, -0.2) is 41.3 Å². The van der Waals surface area contributed by atoms with Crippen molar-refractivity contribution in [3.63, 3.8) is 0 Å². The van der Waals surface area contributed by atoms with Gasteiger partial charge in [-0.2, -0.15) is 0 Å². The number of hydrogen-bond donors (Lipinski definition) is 0. The summed E-state index contributed by atoms with van der Waals surface area (Å²) in [6, 6.07) is 6.01. The average molecular weight is 342 g/mol. The predicted molar refractivity (Wildman–Crippen MR) is 94.6 cm³/mol. The molecule has 4 heterocycles. The molecule has 0 amide bonds. The molecule has 2 fully saturated rings. The van der Waals surface area contributed by atoms with Crippen molar-refractivity contribution in [2.75, 3.05) is 19.7 Å². The van der Waals surface area contributed by atoms with E-state index in [9.17, 15) is 0 Å². The number of aryl methyl sites for hydroxylation is 2. The fraction of sp³-hybridized carbons (Fsp3) is 0.550. The monoisotopic (exact) mass is 342 g/mol. The van der Waals surface area contributed by atoms with E-state index in [-0.39, 0.29) is 11.7 Å². The number of hydrogen-bond acceptors (Lipinski definition) is 5. The van der Waals surface area contributed by atoms with Crippen LogP contribution >= 0.6 is 0 Å². The van der Waals surface area contributed by atoms with E-state index in [1.165, 1.54) is 5.56 Å². The van der Waals surface area contributed by atoms with E-state index in [0.717, 1.165) is 56.2 Å². The average Bonchev–Trinajstić information content (AvgIpc) is 3.14. The summed E-state index contributed by atoms with van der Waals surface area (Å²) in [5.41, 5.74) is 1.22. The molecule has 2 aromatic rings. The fourth-order valence-electron chi connectivity index (χ4n) is 3.90. The molecular formula is C20H26N2O3. The molecule has 0 bridgehead atoms. The Morgan fingerprint density at radius 2 is 2.16 bits per heavy atom. The minimum absolute atomic E-state index is 0.0155. The van der Waals surface area contributed by atoms with Crippen molar-refractivity contribution < 1.29 is 13.9 Å². The summed E-state index contributed by atoms with van der Waals surface area (Å²) in [7, 11) is 0. The molecule has 0 N–H and O–H groups in total. The van der Waals surface area contributed by atoms with Gasteiger partial charge in [0.2, 0.25) is 0 Å². The third-order valence-electron chi connectivity index (χ3n) is 5.48. The van der Waals surface area contributed by atoms with Crippen molar-refractivity contribution >= 4 is 0 Å². The van der Waals surface area contributed by atoms with Crippen LogP contribution in [0.4, 0.5) is 0 Å². The minimum atomic E-state index is -0.0155. The molecule has 0 radical (unpaired) electrons. The zero-order valence-corrected chi connectivity index (χ0v) is 15.0. The molecule has 25 heavy (non-hydrogen) atoms. The van der Waals surface area contributed by atoms with E-state index >= 15 is 0 Å². The van der Waals surface area contributed by atoms with Crippen LogP contribution in [0.3, 0.4) is 0 Å². The highest BCUT2D eigenvalue weighted by Crippen LogP contribution is 2.37. The van der Waals surface area contributed by atoms with Crippen molar-refractivity contribution in [2.24, 2.45) is 0 Å². The lowest BCUT2D eigenvalue weighted by molar-refractivity contribution is -0.0463. The maximum atomic E-state index is 6.19. The quantitative estimate of drug-likeness (QED) is 0.851. The zero-order chi connectivity index (χ0) is 17.3. The van der Waals surface area contributed by atoms with Gasteiger partial charge in [0.05, 0.1) is 24.9 Å². The number of piperidine rings is 1. The normalized spacial score (nSPS) is 23.2. The van der Waals surface area contributed by atoms with Crippen LogP contribution in [0.5, 0.6) is 5.75 Å². The molecule has 0 aliphatic carbocycles. The molecule has 5 heteroatoms. The van der Waals surface area contributed by atoms with Gasteiger partial charge in [-0.25, -0.2) is 0 Å². The first-order valence-electron chi connectivity index (χ1n) is 9.11. The van der Waals surface area contributed by atoms with Gasteiger partial charge in [0.1, 0.15) is 23.4 Å². The van der Waals surface area contributed by atoms with Crippen LogP contribution in [-0.2, 0) is 11.3 Å². The molecule has 2 aliphatic heterocycles. The summed E-state index contributed by atoms with van der Waals surface area (Å²) in [6.45, 7) is 7.77. The van der Waals surface area contributed by atoms with Crippen molar-refractivity contribution in [3.8, 4) is 5.75 Å². The molecule has 4 rings (SSSR count). The number of ether oxygens (including phenoxy) is 2. The topological polar surface area (TPSA) is 47.7 Å². The molecule has 2 saturated heterocycles. The number of rotatable bonds is 4. The Morgan fingerprint density at radius 3 is 2.84 bits per heavy atom. The van der Waals surface area contributed by atoms with Gasteiger partial charge in [0.15, 0.2) is 0 Å². The first-order valence-corrected chi connectivity index (χ1v) is 9.11. The van der Waals surface area contributed by atoms with Gasteiger partial charge in [-0.15, -0.1) is 0 Å². The second-order valence-electron chi connectivity index (χ2n) is 7.35. The van der Waals surface area contributed by atoms with Gasteiger partial charge in [-0.05, 0) is 50.5 Å². The highest BCUT2D eigenvalue weighted by molar-refractivity contribution is 5.19. The molecule has 0 aromatic carbocycles. The van der Waals surface area contributed by atoms with Gasteiger partial charge >= 0.3 is 0 Å². The van der Waals surface area contributed by atoms with Crippen molar-refractivity contribution in [3.05, 3.63) is 47.7 Å². The van der Waals surface area contributed by atoms with Crippen molar-refractivity contribution in [1.29, 1.82) is 0 Å². The molecule has 1 spiro atoms. The first-order chi connectivity index (χ1) is 12.1. The summed E-state index contributed by atoms with van der Waals surface area (Å²) >= 11 is 0. The van der Waals surface area contributed by atoms with Crippen molar-refractivity contribution in [2.45, 2.75) is 51.4 Å². The predicted octanol–water partition coefficient (Wildman–Crippen LogP) is 3.49. The second kappa shape index (κ2) is 6.81. The maximum absolute atomic E-state index is 6.19. The Labute approximate surface area is 148 Å². The van der Waals surface area contributed by atoms with Crippen LogP contribution in [0.25, 0.3) is 0 Å². The summed E-state index contributed by atoms with van der Waals surface area (Å²) in [4.78, 5) is 6.57. The first kappa shape index (κ1) is 16.6. The molecule has 2 aliphatic rings. The molecule has 134 valence electrons. The van der Waals surface area contributed by atoms with Crippen LogP contribution in [0.1, 0.15) is 36.3 Å². The van der Waals surface area contributed by atoms with E-state index in [4.69, 9.17) is 13.9 Å². The van der Waals surface area contributed by atoms with E-state index < -0.39 is 0 Å². The third-order valence-corrected chi connectivity index (χ3v) is 5.48. The van der Waals surface area contributed by atoms with Gasteiger partial charge < -0.3 is 13.9 Å². The Hall–Kier alpha value is -1.85. The summed E-state index contributed by atoms with van der Waals surface area (Å²) < 4.78 is 18.0. The van der Waals surface area contributed by atoms with Crippen LogP contribution in [0.2, 0.25) is 0 Å². The Morgan fingerprint density at radius 1 is 1.32 bits per heavy atom. The highest BCUT2D eigenvalue weighted by Gasteiger charge is 2.43. The number of nitrogens with zero attached hydrogens (tertiary/aromatic N) is 2. The fourth-order valence-corrected chi connectivity index (χ4v) is 3.90.